The number of carbonyl (C=O) groups excluding carboxylic acids is 6. The zero-order valence-corrected chi connectivity index (χ0v) is 34.8. The molecule has 0 radical (unpaired) electrons. The molecule has 0 aliphatic heterocycles. The highest BCUT2D eigenvalue weighted by Crippen LogP contribution is 2.18. The van der Waals surface area contributed by atoms with Crippen LogP contribution in [0.25, 0.3) is 6.08 Å². The Kier molecular flexibility index (Phi) is 18.6. The van der Waals surface area contributed by atoms with Crippen molar-refractivity contribution >= 4 is 59.1 Å². The van der Waals surface area contributed by atoms with Gasteiger partial charge in [-0.3, -0.25) is 38.7 Å². The van der Waals surface area contributed by atoms with E-state index < -0.39 is 65.4 Å². The van der Waals surface area contributed by atoms with Gasteiger partial charge in [0.05, 0.1) is 5.69 Å². The normalized spacial score (nSPS) is 13.0. The van der Waals surface area contributed by atoms with E-state index in [9.17, 15) is 33.2 Å². The molecule has 0 aliphatic carbocycles. The van der Waals surface area contributed by atoms with Gasteiger partial charge in [-0.1, -0.05) is 67.9 Å². The lowest BCUT2D eigenvalue weighted by atomic mass is 9.99. The summed E-state index contributed by atoms with van der Waals surface area (Å²) < 4.78 is 13.9. The van der Waals surface area contributed by atoms with Gasteiger partial charge in [0.1, 0.15) is 30.0 Å². The van der Waals surface area contributed by atoms with Crippen LogP contribution in [0.15, 0.2) is 88.9 Å². The van der Waals surface area contributed by atoms with E-state index in [4.69, 9.17) is 28.7 Å². The molecular weight excluding hydrogens is 786 g/mol. The summed E-state index contributed by atoms with van der Waals surface area (Å²) in [4.78, 5) is 90.6. The van der Waals surface area contributed by atoms with Crippen molar-refractivity contribution in [1.29, 1.82) is 0 Å². The van der Waals surface area contributed by atoms with Crippen LogP contribution in [0.5, 0.6) is 0 Å². The lowest BCUT2D eigenvalue weighted by Gasteiger charge is -2.30. The van der Waals surface area contributed by atoms with Crippen molar-refractivity contribution in [3.63, 3.8) is 0 Å². The summed E-state index contributed by atoms with van der Waals surface area (Å²) in [6, 6.07) is 13.6. The van der Waals surface area contributed by atoms with Crippen LogP contribution in [0.4, 0.5) is 10.1 Å². The van der Waals surface area contributed by atoms with Gasteiger partial charge < -0.3 is 44.6 Å². The number of aryl methyl sites for hydroxylation is 1. The zero-order chi connectivity index (χ0) is 45.2. The van der Waals surface area contributed by atoms with E-state index in [-0.39, 0.29) is 50.1 Å². The third kappa shape index (κ3) is 16.6. The first-order chi connectivity index (χ1) is 28.8. The van der Waals surface area contributed by atoms with E-state index in [1.165, 1.54) is 30.3 Å². The Labute approximate surface area is 354 Å². The first-order valence-corrected chi connectivity index (χ1v) is 19.6. The molecule has 3 aromatic carbocycles. The van der Waals surface area contributed by atoms with Crippen LogP contribution in [0.1, 0.15) is 62.3 Å². The van der Waals surface area contributed by atoms with E-state index in [0.29, 0.717) is 28.8 Å². The van der Waals surface area contributed by atoms with E-state index in [0.717, 1.165) is 23.5 Å². The number of amides is 6. The molecule has 0 saturated heterocycles. The third-order valence-corrected chi connectivity index (χ3v) is 9.24. The summed E-state index contributed by atoms with van der Waals surface area (Å²) in [6.07, 6.45) is 2.81. The highest BCUT2D eigenvalue weighted by atomic mass is 19.1. The fourth-order valence-corrected chi connectivity index (χ4v) is 6.20. The SMILES string of the molecule is CC(=O)N(C(=O)/C=C/c1ccc(C)cc1)[C@@H](Cc1ccc(F)cc1)C(=O)N[C@@H](Cc1ccc(N=C(N)N)cc1)C(=O)N[C@@H](CC(C)C)C(=O)N[C@@H](CCCN=C(N)N)C(N)=O. The van der Waals surface area contributed by atoms with Crippen LogP contribution in [-0.4, -0.2) is 83.0 Å². The number of primary amides is 1. The van der Waals surface area contributed by atoms with Crippen molar-refractivity contribution in [3.8, 4) is 0 Å². The number of carbonyl (C=O) groups is 6. The second-order valence-electron chi connectivity index (χ2n) is 14.9. The van der Waals surface area contributed by atoms with E-state index >= 15 is 0 Å². The minimum atomic E-state index is -1.53. The fraction of sp³-hybridized carbons (Fsp3) is 0.349. The van der Waals surface area contributed by atoms with Gasteiger partial charge in [0.25, 0.3) is 5.91 Å². The Morgan fingerprint density at radius 2 is 1.28 bits per heavy atom. The molecule has 3 rings (SSSR count). The topological polar surface area (TPSA) is 297 Å². The lowest BCUT2D eigenvalue weighted by Crippen LogP contribution is -2.59. The molecule has 326 valence electrons. The Morgan fingerprint density at radius 1 is 0.721 bits per heavy atom. The Morgan fingerprint density at radius 3 is 1.84 bits per heavy atom. The maximum atomic E-state index is 14.5. The summed E-state index contributed by atoms with van der Waals surface area (Å²) in [6.45, 7) is 6.86. The molecule has 17 nitrogen and oxygen atoms in total. The molecule has 61 heavy (non-hydrogen) atoms. The molecule has 0 heterocycles. The number of nitrogens with zero attached hydrogens (tertiary/aromatic N) is 3. The number of rotatable bonds is 21. The van der Waals surface area contributed by atoms with Gasteiger partial charge in [-0.15, -0.1) is 0 Å². The van der Waals surface area contributed by atoms with Gasteiger partial charge in [-0.2, -0.15) is 0 Å². The van der Waals surface area contributed by atoms with Gasteiger partial charge in [0.2, 0.25) is 29.5 Å². The summed E-state index contributed by atoms with van der Waals surface area (Å²) in [7, 11) is 0. The number of benzene rings is 3. The minimum absolute atomic E-state index is 0.107. The number of nitrogens with one attached hydrogen (secondary N) is 3. The van der Waals surface area contributed by atoms with Crippen LogP contribution in [-0.2, 0) is 41.6 Å². The molecule has 13 N–H and O–H groups in total. The highest BCUT2D eigenvalue weighted by molar-refractivity contribution is 6.06. The number of nitrogens with two attached hydrogens (primary N) is 5. The van der Waals surface area contributed by atoms with Crippen LogP contribution >= 0.6 is 0 Å². The molecule has 0 bridgehead atoms. The minimum Gasteiger partial charge on any atom is -0.370 e. The number of hydrogen-bond acceptors (Lipinski definition) is 8. The van der Waals surface area contributed by atoms with Gasteiger partial charge in [-0.05, 0) is 79.1 Å². The number of guanidine groups is 2. The standard InChI is InChI=1S/C43H56FN11O6/c1-25(2)22-34(39(59)52-33(38(45)58)6-5-21-50-42(46)47)53-40(60)35(23-29-13-18-32(19-14-29)51-43(48)49)54-41(61)36(24-30-11-16-31(44)17-12-30)55(27(4)56)37(57)20-15-28-9-7-26(3)8-10-28/h7-20,25,33-36H,5-6,21-24H2,1-4H3,(H2,45,58)(H,52,59)(H,53,60)(H,54,61)(H4,46,47,50)(H4,48,49,51)/b20-15+/t33-,34-,35-,36-/m0/s1. The van der Waals surface area contributed by atoms with E-state index in [1.807, 2.05) is 32.9 Å². The Balaban J connectivity index is 2.03. The smallest absolute Gasteiger partial charge is 0.253 e. The van der Waals surface area contributed by atoms with Gasteiger partial charge >= 0.3 is 0 Å². The summed E-state index contributed by atoms with van der Waals surface area (Å²) in [5, 5.41) is 8.04. The van der Waals surface area contributed by atoms with E-state index in [2.05, 4.69) is 25.9 Å². The average Bonchev–Trinajstić information content (AvgIpc) is 3.18. The van der Waals surface area contributed by atoms with Gasteiger partial charge in [0.15, 0.2) is 11.9 Å². The lowest BCUT2D eigenvalue weighted by molar-refractivity contribution is -0.148. The molecule has 0 aromatic heterocycles. The van der Waals surface area contributed by atoms with Crippen molar-refractivity contribution < 1.29 is 33.2 Å². The fourth-order valence-electron chi connectivity index (χ4n) is 6.20. The first-order valence-electron chi connectivity index (χ1n) is 19.6. The monoisotopic (exact) mass is 841 g/mol. The molecular formula is C43H56FN11O6. The number of aliphatic imine (C=N–C) groups is 2. The molecule has 4 atom stereocenters. The van der Waals surface area contributed by atoms with Crippen LogP contribution in [0, 0.1) is 18.7 Å². The van der Waals surface area contributed by atoms with Crippen molar-refractivity contribution in [2.75, 3.05) is 6.54 Å². The van der Waals surface area contributed by atoms with E-state index in [1.54, 1.807) is 36.4 Å². The zero-order valence-electron chi connectivity index (χ0n) is 34.8. The maximum Gasteiger partial charge on any atom is 0.253 e. The summed E-state index contributed by atoms with van der Waals surface area (Å²) >= 11 is 0. The van der Waals surface area contributed by atoms with Crippen molar-refractivity contribution in [1.82, 2.24) is 20.9 Å². The van der Waals surface area contributed by atoms with Gasteiger partial charge in [0, 0.05) is 32.4 Å². The summed E-state index contributed by atoms with van der Waals surface area (Å²) in [5.74, 6) is -5.79. The van der Waals surface area contributed by atoms with Crippen molar-refractivity contribution in [3.05, 3.63) is 107 Å². The molecule has 0 aliphatic rings. The Hall–Kier alpha value is -7.11. The molecule has 0 unspecified atom stereocenters. The molecule has 0 saturated carbocycles. The molecule has 3 aromatic rings. The predicted octanol–water partition coefficient (Wildman–Crippen LogP) is 1.32. The largest absolute Gasteiger partial charge is 0.370 e. The van der Waals surface area contributed by atoms with Gasteiger partial charge in [-0.25, -0.2) is 9.38 Å². The Bertz CT molecular complexity index is 2080. The predicted molar refractivity (Wildman–Crippen MR) is 232 cm³/mol. The highest BCUT2D eigenvalue weighted by Gasteiger charge is 2.36. The number of halogens is 1. The number of imide groups is 1. The number of hydrogen-bond donors (Lipinski definition) is 8. The second kappa shape index (κ2) is 23.5. The quantitative estimate of drug-likeness (QED) is 0.0329. The molecule has 6 amide bonds. The second-order valence-corrected chi connectivity index (χ2v) is 14.9. The van der Waals surface area contributed by atoms with Crippen LogP contribution < -0.4 is 44.6 Å². The molecule has 18 heteroatoms. The maximum absolute atomic E-state index is 14.5. The van der Waals surface area contributed by atoms with Crippen LogP contribution in [0.3, 0.4) is 0 Å². The third-order valence-electron chi connectivity index (χ3n) is 9.24. The first kappa shape index (κ1) is 48.3. The van der Waals surface area contributed by atoms with Crippen molar-refractivity contribution in [2.45, 2.75) is 84.0 Å². The average molecular weight is 842 g/mol. The van der Waals surface area contributed by atoms with Crippen LogP contribution in [0.2, 0.25) is 0 Å². The molecule has 0 fully saturated rings. The molecule has 0 spiro atoms. The van der Waals surface area contributed by atoms with Crippen molar-refractivity contribution in [2.24, 2.45) is 44.6 Å². The summed E-state index contributed by atoms with van der Waals surface area (Å²) in [5.41, 5.74) is 30.4.